The van der Waals surface area contributed by atoms with Gasteiger partial charge in [0.1, 0.15) is 12.2 Å². The molecule has 1 heterocycles. The summed E-state index contributed by atoms with van der Waals surface area (Å²) < 4.78 is 11.1. The number of amides is 2. The number of likely N-dealkylation sites (tertiary alicyclic amines) is 1. The summed E-state index contributed by atoms with van der Waals surface area (Å²) in [6.45, 7) is 8.78. The molecule has 0 unspecified atom stereocenters. The zero-order valence-corrected chi connectivity index (χ0v) is 18.6. The predicted octanol–water partition coefficient (Wildman–Crippen LogP) is 4.78. The van der Waals surface area contributed by atoms with Gasteiger partial charge in [-0.25, -0.2) is 9.59 Å². The maximum atomic E-state index is 12.6. The van der Waals surface area contributed by atoms with E-state index in [4.69, 9.17) is 9.47 Å². The molecule has 1 fully saturated rings. The van der Waals surface area contributed by atoms with Crippen LogP contribution in [0.2, 0.25) is 0 Å². The van der Waals surface area contributed by atoms with E-state index in [-0.39, 0.29) is 30.6 Å². The molecule has 0 aromatic heterocycles. The molecular weight excluding hydrogens is 392 g/mol. The molecule has 1 N–H and O–H groups in total. The van der Waals surface area contributed by atoms with Crippen molar-refractivity contribution in [2.45, 2.75) is 45.3 Å². The lowest BCUT2D eigenvalue weighted by atomic mass is 9.98. The van der Waals surface area contributed by atoms with E-state index in [0.29, 0.717) is 13.1 Å². The van der Waals surface area contributed by atoms with Gasteiger partial charge in [-0.2, -0.15) is 0 Å². The lowest BCUT2D eigenvalue weighted by Gasteiger charge is -2.24. The highest BCUT2D eigenvalue weighted by Gasteiger charge is 2.36. The van der Waals surface area contributed by atoms with Gasteiger partial charge in [0, 0.05) is 19.0 Å². The van der Waals surface area contributed by atoms with Crippen LogP contribution in [0.15, 0.2) is 48.5 Å². The van der Waals surface area contributed by atoms with Crippen LogP contribution in [-0.4, -0.2) is 48.4 Å². The van der Waals surface area contributed by atoms with Gasteiger partial charge in [-0.05, 0) is 48.9 Å². The molecule has 6 heteroatoms. The van der Waals surface area contributed by atoms with E-state index in [1.165, 1.54) is 22.3 Å². The van der Waals surface area contributed by atoms with E-state index >= 15 is 0 Å². The third-order valence-electron chi connectivity index (χ3n) is 5.91. The van der Waals surface area contributed by atoms with Gasteiger partial charge in [-0.1, -0.05) is 55.5 Å². The fraction of sp³-hybridized carbons (Fsp3) is 0.440. The molecule has 0 spiro atoms. The lowest BCUT2D eigenvalue weighted by Crippen LogP contribution is -2.41. The summed E-state index contributed by atoms with van der Waals surface area (Å²) in [5.74, 6) is 0.144. The zero-order valence-electron chi connectivity index (χ0n) is 18.6. The quantitative estimate of drug-likeness (QED) is 0.773. The molecule has 2 atom stereocenters. The first kappa shape index (κ1) is 21.2. The predicted molar refractivity (Wildman–Crippen MR) is 119 cm³/mol. The van der Waals surface area contributed by atoms with Crippen molar-refractivity contribution in [3.8, 4) is 11.1 Å². The van der Waals surface area contributed by atoms with Crippen LogP contribution in [-0.2, 0) is 9.47 Å². The maximum absolute atomic E-state index is 12.6. The second-order valence-electron chi connectivity index (χ2n) is 9.44. The Hall–Kier alpha value is -3.02. The largest absolute Gasteiger partial charge is 0.449 e. The Bertz CT molecular complexity index is 936. The van der Waals surface area contributed by atoms with Crippen LogP contribution < -0.4 is 5.32 Å². The Kier molecular flexibility index (Phi) is 5.65. The van der Waals surface area contributed by atoms with Crippen molar-refractivity contribution in [1.29, 1.82) is 0 Å². The van der Waals surface area contributed by atoms with Gasteiger partial charge in [0.15, 0.2) is 0 Å². The molecule has 2 amide bonds. The average molecular weight is 423 g/mol. The van der Waals surface area contributed by atoms with E-state index in [0.717, 1.165) is 0 Å². The molecule has 2 aliphatic rings. The Morgan fingerprint density at radius 2 is 1.58 bits per heavy atom. The summed E-state index contributed by atoms with van der Waals surface area (Å²) in [5, 5.41) is 2.94. The highest BCUT2D eigenvalue weighted by Crippen LogP contribution is 2.44. The minimum absolute atomic E-state index is 0.0254. The fourth-order valence-electron chi connectivity index (χ4n) is 4.42. The van der Waals surface area contributed by atoms with Gasteiger partial charge in [0.2, 0.25) is 0 Å². The van der Waals surface area contributed by atoms with Gasteiger partial charge >= 0.3 is 12.2 Å². The SMILES string of the molecule is C[C@@H]1CN(C(=O)OC(C)(C)C)C[C@@H]1NC(=O)OCC1c2ccccc2-c2ccccc21. The summed E-state index contributed by atoms with van der Waals surface area (Å²) in [6, 6.07) is 16.3. The number of alkyl carbamates (subject to hydrolysis) is 1. The topological polar surface area (TPSA) is 67.9 Å². The van der Waals surface area contributed by atoms with Crippen LogP contribution in [0, 0.1) is 5.92 Å². The third-order valence-corrected chi connectivity index (χ3v) is 5.91. The Morgan fingerprint density at radius 3 is 2.16 bits per heavy atom. The van der Waals surface area contributed by atoms with Crippen LogP contribution in [0.25, 0.3) is 11.1 Å². The van der Waals surface area contributed by atoms with E-state index in [1.54, 1.807) is 4.90 Å². The van der Waals surface area contributed by atoms with Crippen LogP contribution in [0.1, 0.15) is 44.7 Å². The summed E-state index contributed by atoms with van der Waals surface area (Å²) in [6.07, 6.45) is -0.805. The molecule has 2 aromatic carbocycles. The molecule has 1 aliphatic heterocycles. The number of fused-ring (bicyclic) bond motifs is 3. The maximum Gasteiger partial charge on any atom is 0.410 e. The van der Waals surface area contributed by atoms with Crippen LogP contribution in [0.3, 0.4) is 0 Å². The number of carbonyl (C=O) groups excluding carboxylic acids is 2. The van der Waals surface area contributed by atoms with Crippen LogP contribution >= 0.6 is 0 Å². The molecule has 4 rings (SSSR count). The minimum atomic E-state index is -0.543. The highest BCUT2D eigenvalue weighted by molar-refractivity contribution is 5.79. The summed E-state index contributed by atoms with van der Waals surface area (Å²) in [5.41, 5.74) is 4.22. The number of ether oxygens (including phenoxy) is 2. The first-order valence-corrected chi connectivity index (χ1v) is 10.8. The molecule has 164 valence electrons. The second kappa shape index (κ2) is 8.25. The molecule has 1 aliphatic carbocycles. The molecule has 0 radical (unpaired) electrons. The second-order valence-corrected chi connectivity index (χ2v) is 9.44. The standard InChI is InChI=1S/C25H30N2O4/c1-16-13-27(24(29)31-25(2,3)4)14-22(16)26-23(28)30-15-21-19-11-7-5-9-17(19)18-10-6-8-12-20(18)21/h5-12,16,21-22H,13-15H2,1-4H3,(H,26,28)/t16-,22+/m1/s1. The van der Waals surface area contributed by atoms with Crippen molar-refractivity contribution >= 4 is 12.2 Å². The number of hydrogen-bond acceptors (Lipinski definition) is 4. The fourth-order valence-corrected chi connectivity index (χ4v) is 4.42. The number of hydrogen-bond donors (Lipinski definition) is 1. The first-order valence-electron chi connectivity index (χ1n) is 10.8. The Labute approximate surface area is 183 Å². The van der Waals surface area contributed by atoms with Crippen molar-refractivity contribution < 1.29 is 19.1 Å². The van der Waals surface area contributed by atoms with Gasteiger partial charge in [-0.15, -0.1) is 0 Å². The minimum Gasteiger partial charge on any atom is -0.449 e. The molecule has 2 aromatic rings. The number of rotatable bonds is 3. The Balaban J connectivity index is 1.36. The van der Waals surface area contributed by atoms with Gasteiger partial charge in [0.05, 0.1) is 6.04 Å². The van der Waals surface area contributed by atoms with Gasteiger partial charge in [-0.3, -0.25) is 0 Å². The monoisotopic (exact) mass is 422 g/mol. The molecule has 31 heavy (non-hydrogen) atoms. The number of nitrogens with zero attached hydrogens (tertiary/aromatic N) is 1. The average Bonchev–Trinajstić information content (AvgIpc) is 3.23. The van der Waals surface area contributed by atoms with Crippen molar-refractivity contribution in [3.63, 3.8) is 0 Å². The summed E-state index contributed by atoms with van der Waals surface area (Å²) >= 11 is 0. The van der Waals surface area contributed by atoms with E-state index in [1.807, 2.05) is 52.0 Å². The summed E-state index contributed by atoms with van der Waals surface area (Å²) in [7, 11) is 0. The van der Waals surface area contributed by atoms with E-state index in [2.05, 4.69) is 29.6 Å². The van der Waals surface area contributed by atoms with Crippen LogP contribution in [0.4, 0.5) is 9.59 Å². The molecular formula is C25H30N2O4. The molecule has 0 saturated carbocycles. The van der Waals surface area contributed by atoms with Crippen molar-refractivity contribution in [1.82, 2.24) is 10.2 Å². The lowest BCUT2D eigenvalue weighted by molar-refractivity contribution is 0.0285. The highest BCUT2D eigenvalue weighted by atomic mass is 16.6. The van der Waals surface area contributed by atoms with Crippen LogP contribution in [0.5, 0.6) is 0 Å². The van der Waals surface area contributed by atoms with Crippen molar-refractivity contribution in [3.05, 3.63) is 59.7 Å². The third kappa shape index (κ3) is 4.53. The zero-order chi connectivity index (χ0) is 22.2. The molecule has 6 nitrogen and oxygen atoms in total. The first-order chi connectivity index (χ1) is 14.7. The van der Waals surface area contributed by atoms with Crippen molar-refractivity contribution in [2.24, 2.45) is 5.92 Å². The molecule has 0 bridgehead atoms. The number of benzene rings is 2. The van der Waals surface area contributed by atoms with Gasteiger partial charge in [0.25, 0.3) is 0 Å². The van der Waals surface area contributed by atoms with E-state index in [9.17, 15) is 9.59 Å². The normalized spacial score (nSPS) is 20.2. The van der Waals surface area contributed by atoms with Gasteiger partial charge < -0.3 is 19.7 Å². The summed E-state index contributed by atoms with van der Waals surface area (Å²) in [4.78, 5) is 26.5. The number of nitrogens with one attached hydrogen (secondary N) is 1. The smallest absolute Gasteiger partial charge is 0.410 e. The van der Waals surface area contributed by atoms with Crippen molar-refractivity contribution in [2.75, 3.05) is 19.7 Å². The number of carbonyl (C=O) groups is 2. The Morgan fingerprint density at radius 1 is 1.00 bits per heavy atom. The van der Waals surface area contributed by atoms with E-state index < -0.39 is 11.7 Å². The molecule has 1 saturated heterocycles.